The fraction of sp³-hybridized carbons (Fsp3) is 0.250. The molecule has 0 N–H and O–H groups in total. The van der Waals surface area contributed by atoms with Crippen molar-refractivity contribution >= 4 is 12.0 Å². The van der Waals surface area contributed by atoms with Crippen LogP contribution in [0.3, 0.4) is 0 Å². The van der Waals surface area contributed by atoms with E-state index in [1.54, 1.807) is 0 Å². The number of aldehydes is 1. The van der Waals surface area contributed by atoms with Crippen molar-refractivity contribution in [2.24, 2.45) is 0 Å². The third-order valence-electron chi connectivity index (χ3n) is 3.16. The Balaban J connectivity index is 2.24. The van der Waals surface area contributed by atoms with Crippen molar-refractivity contribution in [2.45, 2.75) is 20.4 Å². The summed E-state index contributed by atoms with van der Waals surface area (Å²) in [6.45, 7) is 5.83. The molecule has 0 saturated heterocycles. The number of aromatic nitrogens is 1. The Kier molecular flexibility index (Phi) is 4.29. The third-order valence-corrected chi connectivity index (χ3v) is 3.16. The van der Waals surface area contributed by atoms with E-state index in [9.17, 15) is 4.79 Å². The van der Waals surface area contributed by atoms with Gasteiger partial charge in [0.1, 0.15) is 6.29 Å². The van der Waals surface area contributed by atoms with Crippen LogP contribution in [0.4, 0.5) is 5.69 Å². The van der Waals surface area contributed by atoms with Crippen LogP contribution in [0.1, 0.15) is 28.5 Å². The number of nitrogens with zero attached hydrogens (tertiary/aromatic N) is 2. The van der Waals surface area contributed by atoms with Gasteiger partial charge in [0.25, 0.3) is 0 Å². The molecule has 0 aliphatic rings. The highest BCUT2D eigenvalue weighted by molar-refractivity contribution is 5.76. The van der Waals surface area contributed by atoms with Crippen molar-refractivity contribution in [1.82, 2.24) is 4.98 Å². The van der Waals surface area contributed by atoms with Gasteiger partial charge in [0.2, 0.25) is 0 Å². The van der Waals surface area contributed by atoms with Gasteiger partial charge in [-0.1, -0.05) is 6.07 Å². The molecular formula is C16H18N2O. The highest BCUT2D eigenvalue weighted by atomic mass is 16.1. The zero-order valence-electron chi connectivity index (χ0n) is 11.3. The van der Waals surface area contributed by atoms with E-state index < -0.39 is 0 Å². The zero-order chi connectivity index (χ0) is 13.7. The molecule has 0 saturated carbocycles. The zero-order valence-corrected chi connectivity index (χ0v) is 11.3. The van der Waals surface area contributed by atoms with Crippen LogP contribution in [-0.4, -0.2) is 17.8 Å². The second-order valence-corrected chi connectivity index (χ2v) is 4.50. The second kappa shape index (κ2) is 6.14. The molecule has 0 radical (unpaired) electrons. The molecule has 0 fully saturated rings. The molecule has 0 aliphatic heterocycles. The van der Waals surface area contributed by atoms with E-state index in [2.05, 4.69) is 16.8 Å². The van der Waals surface area contributed by atoms with Gasteiger partial charge in [-0.25, -0.2) is 0 Å². The predicted octanol–water partition coefficient (Wildman–Crippen LogP) is 3.23. The van der Waals surface area contributed by atoms with Crippen molar-refractivity contribution in [3.8, 4) is 0 Å². The van der Waals surface area contributed by atoms with Crippen LogP contribution >= 0.6 is 0 Å². The minimum atomic E-state index is 0.718. The van der Waals surface area contributed by atoms with E-state index >= 15 is 0 Å². The van der Waals surface area contributed by atoms with Gasteiger partial charge in [0.05, 0.1) is 12.2 Å². The molecule has 2 rings (SSSR count). The van der Waals surface area contributed by atoms with Crippen molar-refractivity contribution in [2.75, 3.05) is 11.4 Å². The summed E-state index contributed by atoms with van der Waals surface area (Å²) < 4.78 is 0. The van der Waals surface area contributed by atoms with Crippen LogP contribution in [-0.2, 0) is 6.54 Å². The second-order valence-electron chi connectivity index (χ2n) is 4.50. The minimum Gasteiger partial charge on any atom is -0.366 e. The predicted molar refractivity (Wildman–Crippen MR) is 77.5 cm³/mol. The standard InChI is InChI=1S/C16H18N2O/c1-3-18(11-15-6-4-5-9-17-15)16-8-7-14(12-19)10-13(16)2/h4-10,12H,3,11H2,1-2H3. The Bertz CT molecular complexity index is 552. The quantitative estimate of drug-likeness (QED) is 0.768. The van der Waals surface area contributed by atoms with Crippen LogP contribution in [0.25, 0.3) is 0 Å². The first-order chi connectivity index (χ1) is 9.24. The Labute approximate surface area is 113 Å². The summed E-state index contributed by atoms with van der Waals surface area (Å²) in [4.78, 5) is 17.4. The summed E-state index contributed by atoms with van der Waals surface area (Å²) in [5.74, 6) is 0. The van der Waals surface area contributed by atoms with Crippen LogP contribution < -0.4 is 4.90 Å². The summed E-state index contributed by atoms with van der Waals surface area (Å²) >= 11 is 0. The van der Waals surface area contributed by atoms with Gasteiger partial charge < -0.3 is 4.90 Å². The van der Waals surface area contributed by atoms with Gasteiger partial charge in [0, 0.05) is 24.0 Å². The maximum absolute atomic E-state index is 10.8. The molecule has 3 nitrogen and oxygen atoms in total. The average Bonchev–Trinajstić information content (AvgIpc) is 2.46. The van der Waals surface area contributed by atoms with Gasteiger partial charge >= 0.3 is 0 Å². The number of rotatable bonds is 5. The molecule has 1 aromatic heterocycles. The number of aryl methyl sites for hydroxylation is 1. The van der Waals surface area contributed by atoms with Gasteiger partial charge in [0.15, 0.2) is 0 Å². The van der Waals surface area contributed by atoms with E-state index in [0.717, 1.165) is 41.9 Å². The van der Waals surface area contributed by atoms with E-state index in [4.69, 9.17) is 0 Å². The summed E-state index contributed by atoms with van der Waals surface area (Å²) in [6, 6.07) is 11.7. The number of hydrogen-bond acceptors (Lipinski definition) is 3. The van der Waals surface area contributed by atoms with Crippen molar-refractivity contribution in [1.29, 1.82) is 0 Å². The lowest BCUT2D eigenvalue weighted by Gasteiger charge is -2.24. The lowest BCUT2D eigenvalue weighted by molar-refractivity contribution is 0.112. The maximum Gasteiger partial charge on any atom is 0.150 e. The molecule has 19 heavy (non-hydrogen) atoms. The largest absolute Gasteiger partial charge is 0.366 e. The summed E-state index contributed by atoms with van der Waals surface area (Å²) in [6.07, 6.45) is 2.69. The molecule has 0 spiro atoms. The lowest BCUT2D eigenvalue weighted by atomic mass is 10.1. The Morgan fingerprint density at radius 3 is 2.68 bits per heavy atom. The van der Waals surface area contributed by atoms with Crippen molar-refractivity contribution in [3.05, 3.63) is 59.4 Å². The van der Waals surface area contributed by atoms with E-state index in [0.29, 0.717) is 0 Å². The number of pyridine rings is 1. The fourth-order valence-corrected chi connectivity index (χ4v) is 2.16. The number of benzene rings is 1. The van der Waals surface area contributed by atoms with E-state index in [1.807, 2.05) is 49.5 Å². The summed E-state index contributed by atoms with van der Waals surface area (Å²) in [5.41, 5.74) is 4.03. The third kappa shape index (κ3) is 3.19. The van der Waals surface area contributed by atoms with Gasteiger partial charge in [-0.05, 0) is 49.7 Å². The molecule has 3 heteroatoms. The fourth-order valence-electron chi connectivity index (χ4n) is 2.16. The molecule has 1 heterocycles. The normalized spacial score (nSPS) is 10.2. The Morgan fingerprint density at radius 1 is 1.26 bits per heavy atom. The number of carbonyl (C=O) groups excluding carboxylic acids is 1. The minimum absolute atomic E-state index is 0.718. The maximum atomic E-state index is 10.8. The number of hydrogen-bond donors (Lipinski definition) is 0. The molecule has 0 aliphatic carbocycles. The molecule has 0 unspecified atom stereocenters. The van der Waals surface area contributed by atoms with Crippen LogP contribution in [0.5, 0.6) is 0 Å². The average molecular weight is 254 g/mol. The van der Waals surface area contributed by atoms with Crippen molar-refractivity contribution in [3.63, 3.8) is 0 Å². The van der Waals surface area contributed by atoms with Crippen LogP contribution in [0.15, 0.2) is 42.6 Å². The molecule has 98 valence electrons. The molecule has 0 bridgehead atoms. The van der Waals surface area contributed by atoms with Gasteiger partial charge in [-0.2, -0.15) is 0 Å². The first-order valence-electron chi connectivity index (χ1n) is 6.45. The summed E-state index contributed by atoms with van der Waals surface area (Å²) in [5, 5.41) is 0. The Morgan fingerprint density at radius 2 is 2.11 bits per heavy atom. The number of anilines is 1. The molecule has 1 aromatic carbocycles. The highest BCUT2D eigenvalue weighted by Gasteiger charge is 2.09. The molecule has 0 atom stereocenters. The monoisotopic (exact) mass is 254 g/mol. The summed E-state index contributed by atoms with van der Waals surface area (Å²) in [7, 11) is 0. The topological polar surface area (TPSA) is 33.2 Å². The van der Waals surface area contributed by atoms with Gasteiger partial charge in [-0.15, -0.1) is 0 Å². The molecular weight excluding hydrogens is 236 g/mol. The van der Waals surface area contributed by atoms with E-state index in [1.165, 1.54) is 0 Å². The first kappa shape index (κ1) is 13.3. The van der Waals surface area contributed by atoms with Crippen LogP contribution in [0, 0.1) is 6.92 Å². The first-order valence-corrected chi connectivity index (χ1v) is 6.45. The molecule has 2 aromatic rings. The lowest BCUT2D eigenvalue weighted by Crippen LogP contribution is -2.23. The smallest absolute Gasteiger partial charge is 0.150 e. The van der Waals surface area contributed by atoms with Gasteiger partial charge in [-0.3, -0.25) is 9.78 Å². The van der Waals surface area contributed by atoms with Crippen molar-refractivity contribution < 1.29 is 4.79 Å². The molecule has 0 amide bonds. The SMILES string of the molecule is CCN(Cc1ccccn1)c1ccc(C=O)cc1C. The van der Waals surface area contributed by atoms with E-state index in [-0.39, 0.29) is 0 Å². The highest BCUT2D eigenvalue weighted by Crippen LogP contribution is 2.22. The van der Waals surface area contributed by atoms with Crippen LogP contribution in [0.2, 0.25) is 0 Å². The Hall–Kier alpha value is -2.16. The number of carbonyl (C=O) groups is 1.